The van der Waals surface area contributed by atoms with Crippen molar-refractivity contribution in [1.82, 2.24) is 4.98 Å². The highest BCUT2D eigenvalue weighted by atomic mass is 16.5. The summed E-state index contributed by atoms with van der Waals surface area (Å²) in [7, 11) is 1.62. The van der Waals surface area contributed by atoms with Gasteiger partial charge in [-0.25, -0.2) is 4.98 Å². The van der Waals surface area contributed by atoms with E-state index in [2.05, 4.69) is 10.1 Å². The van der Waals surface area contributed by atoms with E-state index in [1.807, 2.05) is 49.4 Å². The molecule has 0 spiro atoms. The monoisotopic (exact) mass is 305 g/mol. The fraction of sp³-hybridized carbons (Fsp3) is 0.167. The van der Waals surface area contributed by atoms with Crippen LogP contribution in [0.3, 0.4) is 0 Å². The molecule has 1 amide bonds. The molecule has 5 nitrogen and oxygen atoms in total. The molecule has 0 saturated carbocycles. The molecule has 0 fully saturated rings. The Morgan fingerprint density at radius 3 is 2.61 bits per heavy atom. The molecule has 114 valence electrons. The van der Waals surface area contributed by atoms with Crippen LogP contribution < -0.4 is 9.75 Å². The number of nitrogens with zero attached hydrogens (tertiary/aromatic N) is 3. The van der Waals surface area contributed by atoms with E-state index in [9.17, 15) is 4.79 Å². The van der Waals surface area contributed by atoms with Crippen LogP contribution in [-0.2, 0) is 4.79 Å². The zero-order valence-electron chi connectivity index (χ0n) is 12.9. The average molecular weight is 305 g/mol. The van der Waals surface area contributed by atoms with Gasteiger partial charge in [-0.15, -0.1) is 0 Å². The molecule has 1 aromatic heterocycles. The third-order valence-corrected chi connectivity index (χ3v) is 3.98. The van der Waals surface area contributed by atoms with Gasteiger partial charge in [0, 0.05) is 16.5 Å². The number of hydrogen-bond acceptors (Lipinski definition) is 4. The molecule has 1 aliphatic rings. The zero-order valence-corrected chi connectivity index (χ0v) is 12.9. The number of para-hydroxylation sites is 1. The smallest absolute Gasteiger partial charge is 0.253 e. The summed E-state index contributed by atoms with van der Waals surface area (Å²) >= 11 is 0. The summed E-state index contributed by atoms with van der Waals surface area (Å²) in [6.07, 6.45) is 0.349. The molecular formula is C18H15N3O2. The predicted octanol–water partition coefficient (Wildman–Crippen LogP) is 3.51. The van der Waals surface area contributed by atoms with Gasteiger partial charge in [0.1, 0.15) is 5.75 Å². The molecule has 23 heavy (non-hydrogen) atoms. The molecule has 0 radical (unpaired) electrons. The summed E-state index contributed by atoms with van der Waals surface area (Å²) < 4.78 is 5.33. The van der Waals surface area contributed by atoms with Gasteiger partial charge in [-0.2, -0.15) is 10.1 Å². The molecular weight excluding hydrogens is 290 g/mol. The Balaban J connectivity index is 2.13. The maximum absolute atomic E-state index is 12.4. The lowest BCUT2D eigenvalue weighted by Crippen LogP contribution is -2.20. The van der Waals surface area contributed by atoms with Gasteiger partial charge in [0.05, 0.1) is 30.3 Å². The van der Waals surface area contributed by atoms with Crippen molar-refractivity contribution in [2.45, 2.75) is 13.3 Å². The van der Waals surface area contributed by atoms with E-state index < -0.39 is 0 Å². The van der Waals surface area contributed by atoms with Crippen LogP contribution in [0.25, 0.3) is 21.8 Å². The van der Waals surface area contributed by atoms with Crippen molar-refractivity contribution in [2.75, 3.05) is 12.1 Å². The standard InChI is InChI=1S/C18H15N3O2/c1-11-9-17(22)21(20-11)18-13-5-3-4-6-15(13)19-16-8-7-12(23-2)10-14(16)18/h3-8,10H,9H2,1-2H3. The van der Waals surface area contributed by atoms with Gasteiger partial charge in [0.2, 0.25) is 0 Å². The maximum Gasteiger partial charge on any atom is 0.253 e. The minimum absolute atomic E-state index is 0.0250. The van der Waals surface area contributed by atoms with Crippen molar-refractivity contribution in [3.05, 3.63) is 42.5 Å². The Morgan fingerprint density at radius 2 is 1.87 bits per heavy atom. The van der Waals surface area contributed by atoms with E-state index in [1.165, 1.54) is 5.01 Å². The number of anilines is 1. The molecule has 4 rings (SSSR count). The summed E-state index contributed by atoms with van der Waals surface area (Å²) in [6.45, 7) is 1.87. The van der Waals surface area contributed by atoms with Gasteiger partial charge >= 0.3 is 0 Å². The van der Waals surface area contributed by atoms with Gasteiger partial charge in [-0.05, 0) is 31.2 Å². The van der Waals surface area contributed by atoms with E-state index in [0.29, 0.717) is 6.42 Å². The Kier molecular flexibility index (Phi) is 3.01. The fourth-order valence-electron chi connectivity index (χ4n) is 2.93. The van der Waals surface area contributed by atoms with E-state index in [0.717, 1.165) is 39.0 Å². The third kappa shape index (κ3) is 2.12. The number of carbonyl (C=O) groups is 1. The van der Waals surface area contributed by atoms with Crippen molar-refractivity contribution in [3.63, 3.8) is 0 Å². The van der Waals surface area contributed by atoms with Crippen LogP contribution in [0.2, 0.25) is 0 Å². The molecule has 0 unspecified atom stereocenters. The van der Waals surface area contributed by atoms with Crippen LogP contribution in [0.15, 0.2) is 47.6 Å². The highest BCUT2D eigenvalue weighted by Gasteiger charge is 2.26. The minimum atomic E-state index is -0.0250. The molecule has 1 aliphatic heterocycles. The summed E-state index contributed by atoms with van der Waals surface area (Å²) in [5, 5.41) is 7.69. The third-order valence-electron chi connectivity index (χ3n) is 3.98. The number of fused-ring (bicyclic) bond motifs is 2. The largest absolute Gasteiger partial charge is 0.497 e. The van der Waals surface area contributed by atoms with Gasteiger partial charge in [0.25, 0.3) is 5.91 Å². The first-order chi connectivity index (χ1) is 11.2. The normalized spacial score (nSPS) is 14.6. The van der Waals surface area contributed by atoms with E-state index in [-0.39, 0.29) is 5.91 Å². The summed E-state index contributed by atoms with van der Waals surface area (Å²) in [6, 6.07) is 13.5. The van der Waals surface area contributed by atoms with Crippen LogP contribution in [-0.4, -0.2) is 23.7 Å². The van der Waals surface area contributed by atoms with Gasteiger partial charge in [-0.3, -0.25) is 4.79 Å². The number of rotatable bonds is 2. The van der Waals surface area contributed by atoms with Gasteiger partial charge in [-0.1, -0.05) is 18.2 Å². The number of methoxy groups -OCH3 is 1. The van der Waals surface area contributed by atoms with E-state index in [1.54, 1.807) is 7.11 Å². The van der Waals surface area contributed by atoms with Gasteiger partial charge < -0.3 is 4.74 Å². The molecule has 0 saturated heterocycles. The van der Waals surface area contributed by atoms with E-state index in [4.69, 9.17) is 4.74 Å². The summed E-state index contributed by atoms with van der Waals surface area (Å²) in [5.74, 6) is 0.700. The van der Waals surface area contributed by atoms with Crippen molar-refractivity contribution < 1.29 is 9.53 Å². The molecule has 0 atom stereocenters. The number of pyridine rings is 1. The Hall–Kier alpha value is -2.95. The quantitative estimate of drug-likeness (QED) is 0.681. The molecule has 0 N–H and O–H groups in total. The topological polar surface area (TPSA) is 54.8 Å². The number of hydrazone groups is 1. The first-order valence-corrected chi connectivity index (χ1v) is 7.41. The number of amides is 1. The van der Waals surface area contributed by atoms with Crippen LogP contribution in [0, 0.1) is 0 Å². The summed E-state index contributed by atoms with van der Waals surface area (Å²) in [4.78, 5) is 17.1. The molecule has 2 aromatic carbocycles. The lowest BCUT2D eigenvalue weighted by atomic mass is 10.1. The van der Waals surface area contributed by atoms with Crippen molar-refractivity contribution >= 4 is 39.1 Å². The Bertz CT molecular complexity index is 979. The molecule has 0 bridgehead atoms. The first kappa shape index (κ1) is 13.7. The van der Waals surface area contributed by atoms with E-state index >= 15 is 0 Å². The van der Waals surface area contributed by atoms with Crippen LogP contribution >= 0.6 is 0 Å². The molecule has 5 heteroatoms. The molecule has 3 aromatic rings. The number of ether oxygens (including phenoxy) is 1. The average Bonchev–Trinajstić information content (AvgIpc) is 2.90. The lowest BCUT2D eigenvalue weighted by Gasteiger charge is -2.17. The number of benzene rings is 2. The van der Waals surface area contributed by atoms with Crippen molar-refractivity contribution in [2.24, 2.45) is 5.10 Å². The van der Waals surface area contributed by atoms with Crippen LogP contribution in [0.1, 0.15) is 13.3 Å². The van der Waals surface area contributed by atoms with Crippen molar-refractivity contribution in [3.8, 4) is 5.75 Å². The zero-order chi connectivity index (χ0) is 16.0. The Morgan fingerprint density at radius 1 is 1.09 bits per heavy atom. The number of hydrogen-bond donors (Lipinski definition) is 0. The second-order valence-corrected chi connectivity index (χ2v) is 5.58. The highest BCUT2D eigenvalue weighted by molar-refractivity contribution is 6.19. The first-order valence-electron chi connectivity index (χ1n) is 7.41. The highest BCUT2D eigenvalue weighted by Crippen LogP contribution is 2.37. The second kappa shape index (κ2) is 5.05. The molecule has 2 heterocycles. The lowest BCUT2D eigenvalue weighted by molar-refractivity contribution is -0.116. The molecule has 0 aliphatic carbocycles. The van der Waals surface area contributed by atoms with Crippen LogP contribution in [0.4, 0.5) is 5.69 Å². The SMILES string of the molecule is COc1ccc2nc3ccccc3c(N3N=C(C)CC3=O)c2c1. The summed E-state index contributed by atoms with van der Waals surface area (Å²) in [5.41, 5.74) is 3.23. The second-order valence-electron chi connectivity index (χ2n) is 5.58. The fourth-order valence-corrected chi connectivity index (χ4v) is 2.93. The van der Waals surface area contributed by atoms with Gasteiger partial charge in [0.15, 0.2) is 0 Å². The maximum atomic E-state index is 12.4. The van der Waals surface area contributed by atoms with Crippen LogP contribution in [0.5, 0.6) is 5.75 Å². The number of carbonyl (C=O) groups excluding carboxylic acids is 1. The minimum Gasteiger partial charge on any atom is -0.497 e. The predicted molar refractivity (Wildman–Crippen MR) is 91.0 cm³/mol. The number of aromatic nitrogens is 1. The van der Waals surface area contributed by atoms with Crippen molar-refractivity contribution in [1.29, 1.82) is 0 Å². The Labute approximate surface area is 133 Å².